The van der Waals surface area contributed by atoms with Crippen LogP contribution in [-0.4, -0.2) is 17.1 Å². The van der Waals surface area contributed by atoms with Gasteiger partial charge in [0.15, 0.2) is 5.13 Å². The number of rotatable bonds is 3. The lowest BCUT2D eigenvalue weighted by molar-refractivity contribution is 0.102. The van der Waals surface area contributed by atoms with Crippen molar-refractivity contribution in [3.8, 4) is 11.3 Å². The van der Waals surface area contributed by atoms with Gasteiger partial charge in [-0.2, -0.15) is 0 Å². The number of aryl methyl sites for hydroxylation is 2. The fraction of sp³-hybridized carbons (Fsp3) is 0.158. The lowest BCUT2D eigenvalue weighted by Crippen LogP contribution is -2.11. The van der Waals surface area contributed by atoms with Crippen molar-refractivity contribution in [2.24, 2.45) is 0 Å². The highest BCUT2D eigenvalue weighted by Crippen LogP contribution is 2.38. The maximum absolute atomic E-state index is 12.5. The summed E-state index contributed by atoms with van der Waals surface area (Å²) in [5.74, 6) is -0.106. The van der Waals surface area contributed by atoms with Crippen molar-refractivity contribution in [3.05, 3.63) is 64.5 Å². The maximum atomic E-state index is 12.5. The summed E-state index contributed by atoms with van der Waals surface area (Å²) in [5, 5.41) is 3.63. The second kappa shape index (κ2) is 6.42. The highest BCUT2D eigenvalue weighted by Gasteiger charge is 2.21. The van der Waals surface area contributed by atoms with Crippen LogP contribution in [0, 0.1) is 0 Å². The summed E-state index contributed by atoms with van der Waals surface area (Å²) in [4.78, 5) is 19.5. The minimum atomic E-state index is -0.106. The van der Waals surface area contributed by atoms with E-state index >= 15 is 0 Å². The molecule has 0 radical (unpaired) electrons. The first-order valence-electron chi connectivity index (χ1n) is 7.78. The first-order valence-corrected chi connectivity index (χ1v) is 9.82. The van der Waals surface area contributed by atoms with E-state index in [4.69, 9.17) is 0 Å². The Morgan fingerprint density at radius 2 is 2.04 bits per heavy atom. The largest absolute Gasteiger partial charge is 0.298 e. The Kier molecular flexibility index (Phi) is 4.12. The Morgan fingerprint density at radius 1 is 1.17 bits per heavy atom. The fourth-order valence-electron chi connectivity index (χ4n) is 2.94. The molecule has 0 aliphatic heterocycles. The number of hydrogen-bond acceptors (Lipinski definition) is 4. The van der Waals surface area contributed by atoms with Crippen molar-refractivity contribution in [3.63, 3.8) is 0 Å². The topological polar surface area (TPSA) is 42.0 Å². The molecule has 1 amide bonds. The average molecular weight is 352 g/mol. The van der Waals surface area contributed by atoms with Crippen LogP contribution in [-0.2, 0) is 12.8 Å². The zero-order chi connectivity index (χ0) is 16.5. The SMILES string of the molecule is CSc1cccc(C(=O)Nc2nc3c(s2)CCc2ccccc2-3)c1. The fourth-order valence-corrected chi connectivity index (χ4v) is 4.37. The highest BCUT2D eigenvalue weighted by molar-refractivity contribution is 7.98. The van der Waals surface area contributed by atoms with Crippen LogP contribution in [0.3, 0.4) is 0 Å². The van der Waals surface area contributed by atoms with E-state index in [-0.39, 0.29) is 5.91 Å². The van der Waals surface area contributed by atoms with Crippen LogP contribution in [0.15, 0.2) is 53.4 Å². The van der Waals surface area contributed by atoms with Crippen molar-refractivity contribution in [2.75, 3.05) is 11.6 Å². The smallest absolute Gasteiger partial charge is 0.257 e. The first-order chi connectivity index (χ1) is 11.7. The Bertz CT molecular complexity index is 917. The monoisotopic (exact) mass is 352 g/mol. The molecule has 1 aliphatic carbocycles. The third kappa shape index (κ3) is 2.85. The minimum absolute atomic E-state index is 0.106. The molecule has 3 aromatic rings. The molecule has 5 heteroatoms. The Labute approximate surface area is 149 Å². The van der Waals surface area contributed by atoms with E-state index in [1.54, 1.807) is 23.1 Å². The molecule has 0 spiro atoms. The van der Waals surface area contributed by atoms with E-state index < -0.39 is 0 Å². The van der Waals surface area contributed by atoms with Gasteiger partial charge in [0.25, 0.3) is 5.91 Å². The van der Waals surface area contributed by atoms with Gasteiger partial charge in [-0.15, -0.1) is 23.1 Å². The van der Waals surface area contributed by atoms with Crippen LogP contribution in [0.5, 0.6) is 0 Å². The third-order valence-corrected chi connectivity index (χ3v) is 5.90. The first kappa shape index (κ1) is 15.4. The molecule has 3 nitrogen and oxygen atoms in total. The van der Waals surface area contributed by atoms with Gasteiger partial charge in [-0.1, -0.05) is 30.3 Å². The van der Waals surface area contributed by atoms with Gasteiger partial charge in [-0.25, -0.2) is 4.98 Å². The number of hydrogen-bond donors (Lipinski definition) is 1. The molecule has 0 saturated carbocycles. The Hall–Kier alpha value is -2.11. The average Bonchev–Trinajstić information content (AvgIpc) is 3.04. The molecular weight excluding hydrogens is 336 g/mol. The van der Waals surface area contributed by atoms with Crippen LogP contribution in [0.4, 0.5) is 5.13 Å². The molecule has 0 saturated heterocycles. The summed E-state index contributed by atoms with van der Waals surface area (Å²) in [6.45, 7) is 0. The van der Waals surface area contributed by atoms with Crippen LogP contribution in [0.25, 0.3) is 11.3 Å². The molecule has 4 rings (SSSR count). The number of nitrogens with one attached hydrogen (secondary N) is 1. The van der Waals surface area contributed by atoms with Crippen molar-refractivity contribution in [1.82, 2.24) is 4.98 Å². The Balaban J connectivity index is 1.61. The number of benzene rings is 2. The van der Waals surface area contributed by atoms with Crippen molar-refractivity contribution < 1.29 is 4.79 Å². The minimum Gasteiger partial charge on any atom is -0.298 e. The molecule has 2 aromatic carbocycles. The molecule has 1 heterocycles. The molecule has 24 heavy (non-hydrogen) atoms. The number of aromatic nitrogens is 1. The van der Waals surface area contributed by atoms with E-state index in [0.717, 1.165) is 23.4 Å². The second-order valence-electron chi connectivity index (χ2n) is 5.63. The van der Waals surface area contributed by atoms with Gasteiger partial charge in [0.1, 0.15) is 0 Å². The van der Waals surface area contributed by atoms with Crippen LogP contribution in [0.2, 0.25) is 0 Å². The quantitative estimate of drug-likeness (QED) is 0.683. The number of thiazole rings is 1. The molecule has 1 N–H and O–H groups in total. The summed E-state index contributed by atoms with van der Waals surface area (Å²) < 4.78 is 0. The molecule has 0 fully saturated rings. The molecular formula is C19H16N2OS2. The number of thioether (sulfide) groups is 1. The number of carbonyl (C=O) groups excluding carboxylic acids is 1. The van der Waals surface area contributed by atoms with Crippen molar-refractivity contribution in [1.29, 1.82) is 0 Å². The summed E-state index contributed by atoms with van der Waals surface area (Å²) in [6.07, 6.45) is 4.03. The lowest BCUT2D eigenvalue weighted by Gasteiger charge is -2.13. The molecule has 0 unspecified atom stereocenters. The van der Waals surface area contributed by atoms with Crippen LogP contribution in [0.1, 0.15) is 20.8 Å². The summed E-state index contributed by atoms with van der Waals surface area (Å²) in [7, 11) is 0. The normalized spacial score (nSPS) is 12.4. The number of amides is 1. The van der Waals surface area contributed by atoms with E-state index in [0.29, 0.717) is 10.7 Å². The van der Waals surface area contributed by atoms with Gasteiger partial charge in [-0.05, 0) is 42.9 Å². The Morgan fingerprint density at radius 3 is 2.92 bits per heavy atom. The number of fused-ring (bicyclic) bond motifs is 3. The van der Waals surface area contributed by atoms with E-state index in [2.05, 4.69) is 28.5 Å². The van der Waals surface area contributed by atoms with Gasteiger partial charge >= 0.3 is 0 Å². The van der Waals surface area contributed by atoms with Gasteiger partial charge in [0.2, 0.25) is 0 Å². The standard InChI is InChI=1S/C19H16N2OS2/c1-23-14-7-4-6-13(11-14)18(22)21-19-20-17-15-8-3-2-5-12(15)9-10-16(17)24-19/h2-8,11H,9-10H2,1H3,(H,20,21,22). The van der Waals surface area contributed by atoms with Crippen molar-refractivity contribution >= 4 is 34.1 Å². The predicted octanol–water partition coefficient (Wildman–Crippen LogP) is 4.88. The number of nitrogens with zero attached hydrogens (tertiary/aromatic N) is 1. The van der Waals surface area contributed by atoms with Gasteiger partial charge < -0.3 is 0 Å². The maximum Gasteiger partial charge on any atom is 0.257 e. The second-order valence-corrected chi connectivity index (χ2v) is 7.60. The molecule has 0 bridgehead atoms. The predicted molar refractivity (Wildman–Crippen MR) is 101 cm³/mol. The van der Waals surface area contributed by atoms with Gasteiger partial charge in [0.05, 0.1) is 5.69 Å². The molecule has 0 atom stereocenters. The van der Waals surface area contributed by atoms with E-state index in [9.17, 15) is 4.79 Å². The summed E-state index contributed by atoms with van der Waals surface area (Å²) >= 11 is 3.21. The van der Waals surface area contributed by atoms with Crippen LogP contribution >= 0.6 is 23.1 Å². The zero-order valence-electron chi connectivity index (χ0n) is 13.2. The van der Waals surface area contributed by atoms with Gasteiger partial charge in [-0.3, -0.25) is 10.1 Å². The number of anilines is 1. The highest BCUT2D eigenvalue weighted by atomic mass is 32.2. The third-order valence-electron chi connectivity index (χ3n) is 4.14. The zero-order valence-corrected chi connectivity index (χ0v) is 14.8. The van der Waals surface area contributed by atoms with Crippen molar-refractivity contribution in [2.45, 2.75) is 17.7 Å². The molecule has 1 aliphatic rings. The summed E-state index contributed by atoms with van der Waals surface area (Å²) in [6, 6.07) is 16.0. The van der Waals surface area contributed by atoms with Gasteiger partial charge in [0, 0.05) is 20.9 Å². The lowest BCUT2D eigenvalue weighted by atomic mass is 9.94. The summed E-state index contributed by atoms with van der Waals surface area (Å²) in [5.41, 5.74) is 4.21. The van der Waals surface area contributed by atoms with E-state index in [1.165, 1.54) is 16.0 Å². The van der Waals surface area contributed by atoms with E-state index in [1.807, 2.05) is 36.6 Å². The number of carbonyl (C=O) groups is 1. The van der Waals surface area contributed by atoms with Crippen LogP contribution < -0.4 is 5.32 Å². The molecule has 120 valence electrons. The molecule has 1 aromatic heterocycles.